The Morgan fingerprint density at radius 2 is 1.80 bits per heavy atom. The normalized spacial score (nSPS) is 16.1. The third-order valence-corrected chi connectivity index (χ3v) is 4.44. The van der Waals surface area contributed by atoms with Gasteiger partial charge in [-0.1, -0.05) is 26.7 Å². The van der Waals surface area contributed by atoms with E-state index in [0.29, 0.717) is 19.4 Å². The van der Waals surface area contributed by atoms with Crippen molar-refractivity contribution in [2.75, 3.05) is 13.2 Å². The van der Waals surface area contributed by atoms with Gasteiger partial charge in [-0.3, -0.25) is 9.59 Å². The van der Waals surface area contributed by atoms with E-state index in [2.05, 4.69) is 10.6 Å². The Kier molecular flexibility index (Phi) is 6.99. The van der Waals surface area contributed by atoms with Gasteiger partial charge in [0.15, 0.2) is 0 Å². The van der Waals surface area contributed by atoms with Crippen molar-refractivity contribution in [2.24, 2.45) is 5.92 Å². The van der Waals surface area contributed by atoms with Gasteiger partial charge in [-0.25, -0.2) is 0 Å². The predicted octanol–water partition coefficient (Wildman–Crippen LogP) is 1.35. The molecule has 1 fully saturated rings. The summed E-state index contributed by atoms with van der Waals surface area (Å²) in [5.41, 5.74) is -0.521. The van der Waals surface area contributed by atoms with E-state index >= 15 is 0 Å². The van der Waals surface area contributed by atoms with E-state index in [1.807, 2.05) is 13.8 Å². The molecule has 0 bridgehead atoms. The van der Waals surface area contributed by atoms with E-state index in [9.17, 15) is 14.7 Å². The molecule has 1 rings (SSSR count). The standard InChI is InChI=1S/C15H28N2O3/c1-3-15(4-2,11-18)17-13(19)9-10-16-14(20)12-7-5-6-8-12/h12,18H,3-11H2,1-2H3,(H,16,20)(H,17,19). The summed E-state index contributed by atoms with van der Waals surface area (Å²) < 4.78 is 0. The molecule has 2 amide bonds. The third kappa shape index (κ3) is 4.78. The highest BCUT2D eigenvalue weighted by atomic mass is 16.3. The molecule has 0 saturated heterocycles. The molecule has 5 heteroatoms. The zero-order chi connectivity index (χ0) is 15.0. The first-order chi connectivity index (χ1) is 9.56. The minimum absolute atomic E-state index is 0.0554. The fourth-order valence-electron chi connectivity index (χ4n) is 2.68. The average molecular weight is 284 g/mol. The topological polar surface area (TPSA) is 78.4 Å². The molecule has 0 heterocycles. The van der Waals surface area contributed by atoms with Crippen molar-refractivity contribution in [1.82, 2.24) is 10.6 Å². The second-order valence-electron chi connectivity index (χ2n) is 5.72. The molecule has 116 valence electrons. The third-order valence-electron chi connectivity index (χ3n) is 4.44. The van der Waals surface area contributed by atoms with Crippen molar-refractivity contribution in [3.05, 3.63) is 0 Å². The van der Waals surface area contributed by atoms with Crippen LogP contribution in [0.2, 0.25) is 0 Å². The monoisotopic (exact) mass is 284 g/mol. The van der Waals surface area contributed by atoms with Crippen LogP contribution in [0.1, 0.15) is 58.8 Å². The van der Waals surface area contributed by atoms with Crippen LogP contribution in [-0.4, -0.2) is 35.6 Å². The maximum absolute atomic E-state index is 11.9. The van der Waals surface area contributed by atoms with Crippen LogP contribution in [0.3, 0.4) is 0 Å². The summed E-state index contributed by atoms with van der Waals surface area (Å²) in [5, 5.41) is 15.1. The summed E-state index contributed by atoms with van der Waals surface area (Å²) in [6, 6.07) is 0. The van der Waals surface area contributed by atoms with E-state index in [4.69, 9.17) is 0 Å². The summed E-state index contributed by atoms with van der Waals surface area (Å²) >= 11 is 0. The smallest absolute Gasteiger partial charge is 0.223 e. The Bertz CT molecular complexity index is 313. The highest BCUT2D eigenvalue weighted by molar-refractivity contribution is 5.80. The van der Waals surface area contributed by atoms with Crippen LogP contribution >= 0.6 is 0 Å². The lowest BCUT2D eigenvalue weighted by Crippen LogP contribution is -2.51. The van der Waals surface area contributed by atoms with Crippen LogP contribution in [-0.2, 0) is 9.59 Å². The molecule has 1 aliphatic rings. The number of nitrogens with one attached hydrogen (secondary N) is 2. The zero-order valence-corrected chi connectivity index (χ0v) is 12.7. The van der Waals surface area contributed by atoms with Crippen molar-refractivity contribution in [2.45, 2.75) is 64.3 Å². The first kappa shape index (κ1) is 17.0. The zero-order valence-electron chi connectivity index (χ0n) is 12.7. The summed E-state index contributed by atoms with van der Waals surface area (Å²) in [7, 11) is 0. The van der Waals surface area contributed by atoms with E-state index in [1.54, 1.807) is 0 Å². The molecule has 1 aliphatic carbocycles. The molecule has 0 unspecified atom stereocenters. The maximum atomic E-state index is 11.9. The van der Waals surface area contributed by atoms with Crippen LogP contribution in [0.5, 0.6) is 0 Å². The number of aliphatic hydroxyl groups excluding tert-OH is 1. The van der Waals surface area contributed by atoms with Crippen molar-refractivity contribution in [3.8, 4) is 0 Å². The Hall–Kier alpha value is -1.10. The summed E-state index contributed by atoms with van der Waals surface area (Å²) in [5.74, 6) is 0.102. The van der Waals surface area contributed by atoms with E-state index in [-0.39, 0.29) is 30.8 Å². The summed E-state index contributed by atoms with van der Waals surface area (Å²) in [6.07, 6.45) is 5.85. The van der Waals surface area contributed by atoms with Crippen LogP contribution in [0, 0.1) is 5.92 Å². The largest absolute Gasteiger partial charge is 0.394 e. The average Bonchev–Trinajstić information content (AvgIpc) is 2.99. The van der Waals surface area contributed by atoms with Crippen LogP contribution in [0.15, 0.2) is 0 Å². The van der Waals surface area contributed by atoms with Gasteiger partial charge in [0.1, 0.15) is 0 Å². The number of carbonyl (C=O) groups is 2. The van der Waals surface area contributed by atoms with Gasteiger partial charge in [-0.15, -0.1) is 0 Å². The van der Waals surface area contributed by atoms with Crippen LogP contribution in [0.4, 0.5) is 0 Å². The molecule has 0 aromatic rings. The second kappa shape index (κ2) is 8.25. The molecular formula is C15H28N2O3. The van der Waals surface area contributed by atoms with Gasteiger partial charge in [0.05, 0.1) is 12.1 Å². The molecule has 5 nitrogen and oxygen atoms in total. The molecule has 3 N–H and O–H groups in total. The molecule has 0 aromatic carbocycles. The highest BCUT2D eigenvalue weighted by Crippen LogP contribution is 2.24. The molecule has 0 atom stereocenters. The van der Waals surface area contributed by atoms with Gasteiger partial charge in [0, 0.05) is 18.9 Å². The molecular weight excluding hydrogens is 256 g/mol. The quantitative estimate of drug-likeness (QED) is 0.629. The van der Waals surface area contributed by atoms with Gasteiger partial charge in [0.2, 0.25) is 11.8 Å². The molecule has 20 heavy (non-hydrogen) atoms. The predicted molar refractivity (Wildman–Crippen MR) is 78.1 cm³/mol. The Morgan fingerprint density at radius 3 is 2.30 bits per heavy atom. The van der Waals surface area contributed by atoms with Gasteiger partial charge >= 0.3 is 0 Å². The number of carbonyl (C=O) groups excluding carboxylic acids is 2. The van der Waals surface area contributed by atoms with Gasteiger partial charge < -0.3 is 15.7 Å². The fourth-order valence-corrected chi connectivity index (χ4v) is 2.68. The maximum Gasteiger partial charge on any atom is 0.223 e. The van der Waals surface area contributed by atoms with Gasteiger partial charge in [-0.05, 0) is 25.7 Å². The summed E-state index contributed by atoms with van der Waals surface area (Å²) in [6.45, 7) is 4.21. The molecule has 1 saturated carbocycles. The Labute approximate surface area is 121 Å². The number of aliphatic hydroxyl groups is 1. The lowest BCUT2D eigenvalue weighted by atomic mass is 9.93. The minimum atomic E-state index is -0.521. The first-order valence-corrected chi connectivity index (χ1v) is 7.76. The lowest BCUT2D eigenvalue weighted by Gasteiger charge is -2.30. The van der Waals surface area contributed by atoms with Crippen LogP contribution in [0.25, 0.3) is 0 Å². The minimum Gasteiger partial charge on any atom is -0.394 e. The molecule has 0 aliphatic heterocycles. The van der Waals surface area contributed by atoms with E-state index < -0.39 is 5.54 Å². The molecule has 0 spiro atoms. The van der Waals surface area contributed by atoms with E-state index in [1.165, 1.54) is 0 Å². The SMILES string of the molecule is CCC(CC)(CO)NC(=O)CCNC(=O)C1CCCC1. The Morgan fingerprint density at radius 1 is 1.20 bits per heavy atom. The van der Waals surface area contributed by atoms with Crippen molar-refractivity contribution in [1.29, 1.82) is 0 Å². The lowest BCUT2D eigenvalue weighted by molar-refractivity contribution is -0.125. The number of amides is 2. The molecule has 0 aromatic heterocycles. The van der Waals surface area contributed by atoms with Gasteiger partial charge in [-0.2, -0.15) is 0 Å². The number of rotatable bonds is 8. The summed E-state index contributed by atoms with van der Waals surface area (Å²) in [4.78, 5) is 23.7. The number of hydrogen-bond acceptors (Lipinski definition) is 3. The van der Waals surface area contributed by atoms with E-state index in [0.717, 1.165) is 25.7 Å². The van der Waals surface area contributed by atoms with Crippen LogP contribution < -0.4 is 10.6 Å². The van der Waals surface area contributed by atoms with Crippen molar-refractivity contribution in [3.63, 3.8) is 0 Å². The fraction of sp³-hybridized carbons (Fsp3) is 0.867. The first-order valence-electron chi connectivity index (χ1n) is 7.76. The molecule has 0 radical (unpaired) electrons. The number of hydrogen-bond donors (Lipinski definition) is 3. The second-order valence-corrected chi connectivity index (χ2v) is 5.72. The highest BCUT2D eigenvalue weighted by Gasteiger charge is 2.27. The van der Waals surface area contributed by atoms with Gasteiger partial charge in [0.25, 0.3) is 0 Å². The Balaban J connectivity index is 2.27. The van der Waals surface area contributed by atoms with Crippen molar-refractivity contribution < 1.29 is 14.7 Å². The van der Waals surface area contributed by atoms with Crippen molar-refractivity contribution >= 4 is 11.8 Å².